The number of nitrogens with zero attached hydrogens (tertiary/aromatic N) is 2. The Balaban J connectivity index is -0.000000180. The van der Waals surface area contributed by atoms with Gasteiger partial charge in [0.2, 0.25) is 0 Å². The zero-order valence-corrected chi connectivity index (χ0v) is 9.23. The maximum absolute atomic E-state index is 3.95. The van der Waals surface area contributed by atoms with Crippen LogP contribution in [0.3, 0.4) is 0 Å². The molecule has 1 radical (unpaired) electrons. The van der Waals surface area contributed by atoms with Crippen LogP contribution in [0.2, 0.25) is 0 Å². The third-order valence-corrected chi connectivity index (χ3v) is 0.480. The van der Waals surface area contributed by atoms with E-state index in [1.165, 1.54) is 0 Å². The van der Waals surface area contributed by atoms with Crippen molar-refractivity contribution in [3.05, 3.63) is 5.32 Å². The Morgan fingerprint density at radius 3 is 2.00 bits per heavy atom. The Bertz CT molecular complexity index is 64.0. The second-order valence-electron chi connectivity index (χ2n) is 1.62. The Morgan fingerprint density at radius 1 is 1.44 bits per heavy atom. The molecule has 0 aromatic heterocycles. The molecule has 0 aliphatic rings. The number of rotatable bonds is 2. The SMILES string of the molecule is CN=C[N-]C(C)C.[Ru+].[Ru]. The van der Waals surface area contributed by atoms with Crippen LogP contribution < -0.4 is 0 Å². The minimum atomic E-state index is 0. The number of aliphatic imine (C=N–C) groups is 1. The molecule has 0 atom stereocenters. The summed E-state index contributed by atoms with van der Waals surface area (Å²) in [7, 11) is 1.71. The molecule has 0 saturated carbocycles. The average Bonchev–Trinajstić information content (AvgIpc) is 1.61. The van der Waals surface area contributed by atoms with Gasteiger partial charge < -0.3 is 10.3 Å². The maximum atomic E-state index is 3.95. The van der Waals surface area contributed by atoms with Crippen LogP contribution in [0.1, 0.15) is 13.8 Å². The number of hydrogen-bond donors (Lipinski definition) is 0. The van der Waals surface area contributed by atoms with Gasteiger partial charge in [-0.1, -0.05) is 20.9 Å². The molecule has 0 amide bonds. The molecule has 0 saturated heterocycles. The molecule has 0 aromatic rings. The topological polar surface area (TPSA) is 26.5 Å². The van der Waals surface area contributed by atoms with Gasteiger partial charge in [-0.25, -0.2) is 0 Å². The van der Waals surface area contributed by atoms with Gasteiger partial charge >= 0.3 is 19.5 Å². The zero-order chi connectivity index (χ0) is 5.70. The van der Waals surface area contributed by atoms with E-state index in [2.05, 4.69) is 10.3 Å². The van der Waals surface area contributed by atoms with Crippen LogP contribution in [0.15, 0.2) is 4.99 Å². The normalized spacial score (nSPS) is 8.44. The van der Waals surface area contributed by atoms with Gasteiger partial charge in [0.1, 0.15) is 0 Å². The first kappa shape index (κ1) is 16.4. The van der Waals surface area contributed by atoms with Crippen LogP contribution in [0.5, 0.6) is 0 Å². The van der Waals surface area contributed by atoms with Gasteiger partial charge in [0.15, 0.2) is 0 Å². The maximum Gasteiger partial charge on any atom is 1.00 e. The van der Waals surface area contributed by atoms with E-state index in [4.69, 9.17) is 0 Å². The van der Waals surface area contributed by atoms with Crippen molar-refractivity contribution < 1.29 is 39.0 Å². The fourth-order valence-electron chi connectivity index (χ4n) is 0.200. The van der Waals surface area contributed by atoms with E-state index in [1.54, 1.807) is 13.4 Å². The summed E-state index contributed by atoms with van der Waals surface area (Å²) in [6.07, 6.45) is 1.57. The van der Waals surface area contributed by atoms with Crippen LogP contribution >= 0.6 is 0 Å². The second kappa shape index (κ2) is 11.5. The van der Waals surface area contributed by atoms with E-state index >= 15 is 0 Å². The predicted molar refractivity (Wildman–Crippen MR) is 32.9 cm³/mol. The Labute approximate surface area is 82.4 Å². The van der Waals surface area contributed by atoms with E-state index in [0.717, 1.165) is 0 Å². The van der Waals surface area contributed by atoms with Crippen molar-refractivity contribution in [1.82, 2.24) is 0 Å². The largest absolute Gasteiger partial charge is 1.00 e. The summed E-state index contributed by atoms with van der Waals surface area (Å²) in [4.78, 5) is 3.68. The fourth-order valence-corrected chi connectivity index (χ4v) is 0.200. The van der Waals surface area contributed by atoms with Gasteiger partial charge in [-0.3, -0.25) is 0 Å². The summed E-state index contributed by atoms with van der Waals surface area (Å²) in [5.41, 5.74) is 0. The van der Waals surface area contributed by atoms with Gasteiger partial charge in [0, 0.05) is 19.5 Å². The molecule has 0 N–H and O–H groups in total. The van der Waals surface area contributed by atoms with E-state index in [9.17, 15) is 0 Å². The van der Waals surface area contributed by atoms with Crippen molar-refractivity contribution in [2.75, 3.05) is 7.05 Å². The average molecular weight is 301 g/mol. The molecule has 0 aromatic carbocycles. The van der Waals surface area contributed by atoms with Crippen LogP contribution in [0, 0.1) is 0 Å². The molecule has 57 valence electrons. The van der Waals surface area contributed by atoms with Gasteiger partial charge in [0.25, 0.3) is 0 Å². The summed E-state index contributed by atoms with van der Waals surface area (Å²) >= 11 is 0. The third kappa shape index (κ3) is 17.7. The van der Waals surface area contributed by atoms with Crippen molar-refractivity contribution in [2.45, 2.75) is 19.9 Å². The molecule has 0 heterocycles. The van der Waals surface area contributed by atoms with Crippen LogP contribution in [-0.4, -0.2) is 19.4 Å². The Morgan fingerprint density at radius 2 is 1.89 bits per heavy atom. The Kier molecular flexibility index (Phi) is 20.9. The van der Waals surface area contributed by atoms with Crippen LogP contribution in [-0.2, 0) is 39.0 Å². The standard InChI is InChI=1S/C5H11N2.2Ru/c1-5(2)7-4-6-3;;/h4-5H,1-3H3;;/q-1;;+1. The third-order valence-electron chi connectivity index (χ3n) is 0.480. The first-order valence-electron chi connectivity index (χ1n) is 2.38. The van der Waals surface area contributed by atoms with Crippen LogP contribution in [0.25, 0.3) is 5.32 Å². The molecule has 0 aliphatic carbocycles. The summed E-state index contributed by atoms with van der Waals surface area (Å²) in [5, 5.41) is 3.95. The summed E-state index contributed by atoms with van der Waals surface area (Å²) in [6, 6.07) is 0.378. The molecule has 0 aliphatic heterocycles. The molecular formula is C5H11N2Ru2. The molecule has 0 fully saturated rings. The molecule has 2 nitrogen and oxygen atoms in total. The quantitative estimate of drug-likeness (QED) is 0.419. The monoisotopic (exact) mass is 303 g/mol. The zero-order valence-electron chi connectivity index (χ0n) is 5.76. The summed E-state index contributed by atoms with van der Waals surface area (Å²) in [5.74, 6) is 0. The van der Waals surface area contributed by atoms with Crippen LogP contribution in [0.4, 0.5) is 0 Å². The van der Waals surface area contributed by atoms with Gasteiger partial charge in [0.05, 0.1) is 0 Å². The van der Waals surface area contributed by atoms with Crippen molar-refractivity contribution in [3.63, 3.8) is 0 Å². The van der Waals surface area contributed by atoms with E-state index in [-0.39, 0.29) is 39.0 Å². The fraction of sp³-hybridized carbons (Fsp3) is 0.800. The summed E-state index contributed by atoms with van der Waals surface area (Å²) in [6.45, 7) is 4.03. The summed E-state index contributed by atoms with van der Waals surface area (Å²) < 4.78 is 0. The van der Waals surface area contributed by atoms with E-state index < -0.39 is 0 Å². The van der Waals surface area contributed by atoms with Crippen molar-refractivity contribution in [1.29, 1.82) is 0 Å². The predicted octanol–water partition coefficient (Wildman–Crippen LogP) is 1.42. The van der Waals surface area contributed by atoms with Gasteiger partial charge in [-0.15, -0.1) is 6.34 Å². The van der Waals surface area contributed by atoms with Gasteiger partial charge in [-0.05, 0) is 6.04 Å². The molecular weight excluding hydrogens is 290 g/mol. The minimum absolute atomic E-state index is 0. The molecule has 0 bridgehead atoms. The molecule has 4 heteroatoms. The number of hydrogen-bond acceptors (Lipinski definition) is 1. The second-order valence-corrected chi connectivity index (χ2v) is 1.62. The molecule has 0 spiro atoms. The molecule has 0 rings (SSSR count). The van der Waals surface area contributed by atoms with Crippen molar-refractivity contribution >= 4 is 6.34 Å². The van der Waals surface area contributed by atoms with Crippen molar-refractivity contribution in [3.8, 4) is 0 Å². The minimum Gasteiger partial charge on any atom is -0.475 e. The molecule has 0 unspecified atom stereocenters. The first-order valence-corrected chi connectivity index (χ1v) is 2.38. The van der Waals surface area contributed by atoms with E-state index in [0.29, 0.717) is 6.04 Å². The molecule has 9 heavy (non-hydrogen) atoms. The van der Waals surface area contributed by atoms with E-state index in [1.807, 2.05) is 13.8 Å². The first-order chi connectivity index (χ1) is 3.27. The van der Waals surface area contributed by atoms with Gasteiger partial charge in [-0.2, -0.15) is 0 Å². The smallest absolute Gasteiger partial charge is 0.475 e. The van der Waals surface area contributed by atoms with Crippen molar-refractivity contribution in [2.24, 2.45) is 4.99 Å². The Hall–Kier alpha value is 0.717.